The monoisotopic (exact) mass is 250 g/mol. The van der Waals surface area contributed by atoms with Crippen molar-refractivity contribution in [2.75, 3.05) is 0 Å². The Balaban J connectivity index is 2.17. The number of benzene rings is 1. The lowest BCUT2D eigenvalue weighted by molar-refractivity contribution is 0.177. The Morgan fingerprint density at radius 1 is 1.41 bits per heavy atom. The summed E-state index contributed by atoms with van der Waals surface area (Å²) in [4.78, 5) is 0. The highest BCUT2D eigenvalue weighted by atomic mass is 35.5. The van der Waals surface area contributed by atoms with Gasteiger partial charge in [-0.3, -0.25) is 4.68 Å². The molecule has 17 heavy (non-hydrogen) atoms. The summed E-state index contributed by atoms with van der Waals surface area (Å²) in [7, 11) is 1.86. The molecule has 0 aliphatic rings. The molecule has 1 unspecified atom stereocenters. The van der Waals surface area contributed by atoms with E-state index in [1.54, 1.807) is 4.68 Å². The molecule has 90 valence electrons. The second-order valence-corrected chi connectivity index (χ2v) is 4.63. The molecule has 0 saturated heterocycles. The molecule has 0 bridgehead atoms. The van der Waals surface area contributed by atoms with Crippen LogP contribution in [-0.4, -0.2) is 14.9 Å². The third-order valence-corrected chi connectivity index (χ3v) is 3.01. The van der Waals surface area contributed by atoms with Crippen molar-refractivity contribution in [2.45, 2.75) is 19.4 Å². The molecule has 1 N–H and O–H groups in total. The Labute approximate surface area is 106 Å². The summed E-state index contributed by atoms with van der Waals surface area (Å²) < 4.78 is 1.72. The van der Waals surface area contributed by atoms with Gasteiger partial charge in [-0.25, -0.2) is 0 Å². The van der Waals surface area contributed by atoms with E-state index in [9.17, 15) is 5.11 Å². The van der Waals surface area contributed by atoms with Crippen LogP contribution in [0.25, 0.3) is 0 Å². The lowest BCUT2D eigenvalue weighted by Crippen LogP contribution is -2.04. The molecule has 0 saturated carbocycles. The molecule has 0 aliphatic heterocycles. The van der Waals surface area contributed by atoms with Crippen molar-refractivity contribution < 1.29 is 5.11 Å². The van der Waals surface area contributed by atoms with Crippen LogP contribution in [0.15, 0.2) is 30.5 Å². The normalized spacial score (nSPS) is 12.7. The molecule has 2 rings (SSSR count). The van der Waals surface area contributed by atoms with Gasteiger partial charge in [0, 0.05) is 24.7 Å². The molecule has 0 aliphatic carbocycles. The largest absolute Gasteiger partial charge is 0.388 e. The fourth-order valence-corrected chi connectivity index (χ4v) is 2.14. The third kappa shape index (κ3) is 2.87. The highest BCUT2D eigenvalue weighted by Gasteiger charge is 2.13. The second kappa shape index (κ2) is 4.90. The number of aliphatic hydroxyl groups is 1. The van der Waals surface area contributed by atoms with E-state index < -0.39 is 6.10 Å². The van der Waals surface area contributed by atoms with Crippen LogP contribution in [-0.2, 0) is 13.5 Å². The quantitative estimate of drug-likeness (QED) is 0.910. The first-order valence-corrected chi connectivity index (χ1v) is 5.86. The number of nitrogens with zero attached hydrogens (tertiary/aromatic N) is 2. The van der Waals surface area contributed by atoms with Gasteiger partial charge in [-0.15, -0.1) is 0 Å². The summed E-state index contributed by atoms with van der Waals surface area (Å²) in [5, 5.41) is 15.0. The molecule has 0 fully saturated rings. The first-order valence-electron chi connectivity index (χ1n) is 5.49. The first kappa shape index (κ1) is 12.1. The van der Waals surface area contributed by atoms with E-state index in [1.165, 1.54) is 0 Å². The van der Waals surface area contributed by atoms with Gasteiger partial charge < -0.3 is 5.11 Å². The zero-order chi connectivity index (χ0) is 12.4. The topological polar surface area (TPSA) is 38.0 Å². The Morgan fingerprint density at radius 2 is 2.18 bits per heavy atom. The molecule has 0 amide bonds. The van der Waals surface area contributed by atoms with Crippen LogP contribution in [0.5, 0.6) is 0 Å². The van der Waals surface area contributed by atoms with Crippen molar-refractivity contribution in [3.63, 3.8) is 0 Å². The minimum absolute atomic E-state index is 0.476. The van der Waals surface area contributed by atoms with Crippen LogP contribution in [0.1, 0.15) is 22.9 Å². The fourth-order valence-electron chi connectivity index (χ4n) is 1.78. The summed E-state index contributed by atoms with van der Waals surface area (Å²) >= 11 is 6.11. The maximum atomic E-state index is 10.1. The summed E-state index contributed by atoms with van der Waals surface area (Å²) in [5.74, 6) is 0. The highest BCUT2D eigenvalue weighted by Crippen LogP contribution is 2.26. The van der Waals surface area contributed by atoms with Crippen LogP contribution in [0.2, 0.25) is 5.02 Å². The fraction of sp³-hybridized carbons (Fsp3) is 0.308. The Morgan fingerprint density at radius 3 is 2.76 bits per heavy atom. The molecule has 1 aromatic heterocycles. The molecule has 0 radical (unpaired) electrons. The van der Waals surface area contributed by atoms with E-state index in [2.05, 4.69) is 5.10 Å². The highest BCUT2D eigenvalue weighted by molar-refractivity contribution is 6.31. The second-order valence-electron chi connectivity index (χ2n) is 4.23. The van der Waals surface area contributed by atoms with Gasteiger partial charge in [0.25, 0.3) is 0 Å². The van der Waals surface area contributed by atoms with Gasteiger partial charge in [0.1, 0.15) is 0 Å². The number of rotatable bonds is 3. The zero-order valence-electron chi connectivity index (χ0n) is 9.89. The predicted octanol–water partition coefficient (Wildman–Crippen LogP) is 2.66. The van der Waals surface area contributed by atoms with Crippen LogP contribution < -0.4 is 0 Å². The van der Waals surface area contributed by atoms with E-state index in [0.717, 1.165) is 16.8 Å². The number of aryl methyl sites for hydroxylation is 2. The van der Waals surface area contributed by atoms with E-state index in [4.69, 9.17) is 11.6 Å². The van der Waals surface area contributed by atoms with Crippen LogP contribution in [0, 0.1) is 6.92 Å². The Hall–Kier alpha value is -1.32. The van der Waals surface area contributed by atoms with Gasteiger partial charge in [-0.1, -0.05) is 23.7 Å². The SMILES string of the molecule is Cc1ccc(C(O)Cc2ccn(C)n2)c(Cl)c1. The molecule has 1 atom stereocenters. The van der Waals surface area contributed by atoms with E-state index in [0.29, 0.717) is 11.4 Å². The lowest BCUT2D eigenvalue weighted by atomic mass is 10.0. The van der Waals surface area contributed by atoms with E-state index in [-0.39, 0.29) is 0 Å². The van der Waals surface area contributed by atoms with Gasteiger partial charge >= 0.3 is 0 Å². The summed E-state index contributed by atoms with van der Waals surface area (Å²) in [6.45, 7) is 1.97. The van der Waals surface area contributed by atoms with Gasteiger partial charge in [0.15, 0.2) is 0 Å². The van der Waals surface area contributed by atoms with E-state index >= 15 is 0 Å². The smallest absolute Gasteiger partial charge is 0.0860 e. The molecule has 0 spiro atoms. The van der Waals surface area contributed by atoms with Crippen LogP contribution in [0.3, 0.4) is 0 Å². The number of halogens is 1. The summed E-state index contributed by atoms with van der Waals surface area (Å²) in [6.07, 6.45) is 1.72. The van der Waals surface area contributed by atoms with Gasteiger partial charge in [0.2, 0.25) is 0 Å². The van der Waals surface area contributed by atoms with Crippen molar-refractivity contribution in [1.29, 1.82) is 0 Å². The maximum absolute atomic E-state index is 10.1. The number of aromatic nitrogens is 2. The average Bonchev–Trinajstić information content (AvgIpc) is 2.63. The number of hydrogen-bond acceptors (Lipinski definition) is 2. The lowest BCUT2D eigenvalue weighted by Gasteiger charge is -2.11. The minimum Gasteiger partial charge on any atom is -0.388 e. The van der Waals surface area contributed by atoms with Crippen molar-refractivity contribution in [3.05, 3.63) is 52.3 Å². The van der Waals surface area contributed by atoms with Gasteiger partial charge in [-0.2, -0.15) is 5.10 Å². The summed E-state index contributed by atoms with van der Waals surface area (Å²) in [5.41, 5.74) is 2.70. The average molecular weight is 251 g/mol. The first-order chi connectivity index (χ1) is 8.06. The van der Waals surface area contributed by atoms with E-state index in [1.807, 2.05) is 44.4 Å². The van der Waals surface area contributed by atoms with Crippen molar-refractivity contribution in [3.8, 4) is 0 Å². The van der Waals surface area contributed by atoms with Crippen molar-refractivity contribution in [2.24, 2.45) is 7.05 Å². The zero-order valence-corrected chi connectivity index (χ0v) is 10.6. The maximum Gasteiger partial charge on any atom is 0.0860 e. The molecule has 3 nitrogen and oxygen atoms in total. The summed E-state index contributed by atoms with van der Waals surface area (Å²) in [6, 6.07) is 7.57. The minimum atomic E-state index is -0.613. The van der Waals surface area contributed by atoms with Crippen LogP contribution in [0.4, 0.5) is 0 Å². The Bertz CT molecular complexity index is 522. The van der Waals surface area contributed by atoms with Gasteiger partial charge in [0.05, 0.1) is 11.8 Å². The molecular formula is C13H15ClN2O. The molecule has 1 heterocycles. The number of hydrogen-bond donors (Lipinski definition) is 1. The predicted molar refractivity (Wildman–Crippen MR) is 68.1 cm³/mol. The number of aliphatic hydroxyl groups excluding tert-OH is 1. The molecule has 4 heteroatoms. The van der Waals surface area contributed by atoms with Crippen LogP contribution >= 0.6 is 11.6 Å². The molecule has 1 aromatic carbocycles. The van der Waals surface area contributed by atoms with Crippen molar-refractivity contribution in [1.82, 2.24) is 9.78 Å². The molecular weight excluding hydrogens is 236 g/mol. The van der Waals surface area contributed by atoms with Crippen molar-refractivity contribution >= 4 is 11.6 Å². The van der Waals surface area contributed by atoms with Gasteiger partial charge in [-0.05, 0) is 30.2 Å². The standard InChI is InChI=1S/C13H15ClN2O/c1-9-3-4-11(12(14)7-9)13(17)8-10-5-6-16(2)15-10/h3-7,13,17H,8H2,1-2H3. The Kier molecular flexibility index (Phi) is 3.50. The molecule has 2 aromatic rings. The third-order valence-electron chi connectivity index (χ3n) is 2.69.